The van der Waals surface area contributed by atoms with E-state index in [0.717, 1.165) is 25.7 Å². The van der Waals surface area contributed by atoms with Crippen molar-refractivity contribution in [2.75, 3.05) is 0 Å². The minimum atomic E-state index is -1.62. The summed E-state index contributed by atoms with van der Waals surface area (Å²) in [5.41, 5.74) is -1.30. The highest BCUT2D eigenvalue weighted by molar-refractivity contribution is 6.35. The topological polar surface area (TPSA) is 85.3 Å². The lowest BCUT2D eigenvalue weighted by Crippen LogP contribution is -2.40. The van der Waals surface area contributed by atoms with Gasteiger partial charge in [0.2, 0.25) is 5.78 Å². The number of Topliss-reactive ketones (excluding diaryl/α,β-unsaturated/α-hetero) is 1. The molecule has 0 heterocycles. The van der Waals surface area contributed by atoms with Crippen LogP contribution in [0.25, 0.3) is 0 Å². The van der Waals surface area contributed by atoms with Crippen molar-refractivity contribution in [3.63, 3.8) is 0 Å². The zero-order chi connectivity index (χ0) is 26.0. The average molecular weight is 469 g/mol. The summed E-state index contributed by atoms with van der Waals surface area (Å²) in [6.45, 7) is 9.18. The second-order valence-corrected chi connectivity index (χ2v) is 8.19. The van der Waals surface area contributed by atoms with Crippen molar-refractivity contribution in [3.8, 4) is 0 Å². The highest BCUT2D eigenvalue weighted by Gasteiger charge is 2.45. The molecular formula is C29H40O5. The molecule has 0 saturated heterocycles. The van der Waals surface area contributed by atoms with Crippen LogP contribution in [0.4, 0.5) is 0 Å². The number of hydrogen-bond acceptors (Lipinski definition) is 5. The molecule has 0 radical (unpaired) electrons. The summed E-state index contributed by atoms with van der Waals surface area (Å²) in [6, 6.07) is 0. The summed E-state index contributed by atoms with van der Waals surface area (Å²) >= 11 is 0. The summed E-state index contributed by atoms with van der Waals surface area (Å²) in [5.74, 6) is -1.84. The van der Waals surface area contributed by atoms with Crippen molar-refractivity contribution >= 4 is 29.4 Å². The van der Waals surface area contributed by atoms with Gasteiger partial charge in [0.15, 0.2) is 23.6 Å². The fraction of sp³-hybridized carbons (Fsp3) is 0.483. The number of ketones is 4. The van der Waals surface area contributed by atoms with Crippen LogP contribution in [-0.4, -0.2) is 29.4 Å². The highest BCUT2D eigenvalue weighted by atomic mass is 16.2. The van der Waals surface area contributed by atoms with Crippen molar-refractivity contribution in [2.45, 2.75) is 86.0 Å². The number of carbonyl (C=O) groups excluding carboxylic acids is 5. The molecule has 0 aromatic carbocycles. The maximum Gasteiger partial charge on any atom is 0.225 e. The molecule has 5 heteroatoms. The van der Waals surface area contributed by atoms with Gasteiger partial charge in [-0.05, 0) is 56.9 Å². The van der Waals surface area contributed by atoms with Crippen molar-refractivity contribution in [3.05, 3.63) is 59.8 Å². The van der Waals surface area contributed by atoms with Gasteiger partial charge in [-0.25, -0.2) is 0 Å². The molecule has 1 unspecified atom stereocenters. The van der Waals surface area contributed by atoms with E-state index in [0.29, 0.717) is 12.8 Å². The monoisotopic (exact) mass is 468 g/mol. The Balaban J connectivity index is 6.65. The number of aldehydes is 1. The van der Waals surface area contributed by atoms with Gasteiger partial charge in [0.25, 0.3) is 0 Å². The molecule has 0 bridgehead atoms. The van der Waals surface area contributed by atoms with Crippen LogP contribution >= 0.6 is 0 Å². The minimum absolute atomic E-state index is 0.0351. The normalized spacial score (nSPS) is 14.6. The Labute approximate surface area is 204 Å². The molecule has 0 saturated carbocycles. The van der Waals surface area contributed by atoms with Crippen molar-refractivity contribution < 1.29 is 24.0 Å². The van der Waals surface area contributed by atoms with E-state index in [9.17, 15) is 24.0 Å². The first-order chi connectivity index (χ1) is 16.3. The van der Waals surface area contributed by atoms with Crippen LogP contribution in [0.3, 0.4) is 0 Å². The van der Waals surface area contributed by atoms with Gasteiger partial charge in [-0.2, -0.15) is 0 Å². The zero-order valence-corrected chi connectivity index (χ0v) is 21.4. The van der Waals surface area contributed by atoms with Crippen molar-refractivity contribution in [2.24, 2.45) is 5.41 Å². The molecule has 0 aliphatic heterocycles. The lowest BCUT2D eigenvalue weighted by molar-refractivity contribution is -0.133. The Bertz CT molecular complexity index is 867. The van der Waals surface area contributed by atoms with Gasteiger partial charge in [-0.3, -0.25) is 24.0 Å². The van der Waals surface area contributed by atoms with E-state index in [4.69, 9.17) is 0 Å². The average Bonchev–Trinajstić information content (AvgIpc) is 2.82. The van der Waals surface area contributed by atoms with Gasteiger partial charge in [0.05, 0.1) is 0 Å². The van der Waals surface area contributed by atoms with Gasteiger partial charge in [0, 0.05) is 12.0 Å². The van der Waals surface area contributed by atoms with Crippen LogP contribution in [0.15, 0.2) is 59.8 Å². The van der Waals surface area contributed by atoms with Crippen LogP contribution in [0.2, 0.25) is 0 Å². The Kier molecular flexibility index (Phi) is 16.0. The molecule has 1 atom stereocenters. The molecule has 0 rings (SSSR count). The molecule has 0 spiro atoms. The van der Waals surface area contributed by atoms with Crippen LogP contribution in [0.1, 0.15) is 86.0 Å². The van der Waals surface area contributed by atoms with Crippen LogP contribution < -0.4 is 0 Å². The van der Waals surface area contributed by atoms with Gasteiger partial charge in [-0.15, -0.1) is 0 Å². The van der Waals surface area contributed by atoms with Gasteiger partial charge >= 0.3 is 0 Å². The van der Waals surface area contributed by atoms with Crippen LogP contribution in [0.5, 0.6) is 0 Å². The first-order valence-electron chi connectivity index (χ1n) is 12.2. The number of carbonyl (C=O) groups is 5. The molecule has 0 aliphatic rings. The first-order valence-corrected chi connectivity index (χ1v) is 12.2. The standard InChI is InChI=1S/C29H40O5/c1-6-10-13-17-24(31)18-15-20-28(34)29(21-14-11-7-2,27(33)16-9-4)23(5)25(19-12-8-3)26(32)22-30/h9,12-13,15-17,19-20,22H,6-8,10-11,14,18,21H2,1-5H3. The van der Waals surface area contributed by atoms with E-state index in [1.807, 2.05) is 20.8 Å². The maximum absolute atomic E-state index is 13.6. The molecule has 0 aromatic heterocycles. The van der Waals surface area contributed by atoms with E-state index >= 15 is 0 Å². The van der Waals surface area contributed by atoms with E-state index < -0.39 is 22.8 Å². The summed E-state index contributed by atoms with van der Waals surface area (Å²) in [7, 11) is 0. The molecule has 0 N–H and O–H groups in total. The third-order valence-corrected chi connectivity index (χ3v) is 5.60. The second kappa shape index (κ2) is 17.5. The molecule has 0 amide bonds. The molecule has 0 aromatic rings. The summed E-state index contributed by atoms with van der Waals surface area (Å²) < 4.78 is 0. The summed E-state index contributed by atoms with van der Waals surface area (Å²) in [5, 5.41) is 0. The quantitative estimate of drug-likeness (QED) is 0.0598. The molecule has 0 fully saturated rings. The molecular weight excluding hydrogens is 428 g/mol. The van der Waals surface area contributed by atoms with E-state index in [-0.39, 0.29) is 36.1 Å². The Hall–Kier alpha value is -2.95. The van der Waals surface area contributed by atoms with Crippen molar-refractivity contribution in [1.82, 2.24) is 0 Å². The fourth-order valence-electron chi connectivity index (χ4n) is 3.65. The third kappa shape index (κ3) is 9.50. The lowest BCUT2D eigenvalue weighted by Gasteiger charge is -2.31. The van der Waals surface area contributed by atoms with E-state index in [1.54, 1.807) is 32.1 Å². The van der Waals surface area contributed by atoms with Crippen LogP contribution in [0, 0.1) is 5.41 Å². The Morgan fingerprint density at radius 2 is 1.47 bits per heavy atom. The zero-order valence-electron chi connectivity index (χ0n) is 21.4. The summed E-state index contributed by atoms with van der Waals surface area (Å²) in [4.78, 5) is 62.9. The number of rotatable bonds is 18. The third-order valence-electron chi connectivity index (χ3n) is 5.60. The van der Waals surface area contributed by atoms with Gasteiger partial charge in [-0.1, -0.05) is 76.8 Å². The van der Waals surface area contributed by atoms with E-state index in [1.165, 1.54) is 30.4 Å². The number of allylic oxidation sites excluding steroid dienone is 10. The molecule has 5 nitrogen and oxygen atoms in total. The number of hydrogen-bond donors (Lipinski definition) is 0. The largest absolute Gasteiger partial charge is 0.295 e. The predicted octanol–water partition coefficient (Wildman–Crippen LogP) is 6.19. The number of unbranched alkanes of at least 4 members (excludes halogenated alkanes) is 3. The Morgan fingerprint density at radius 3 is 2.03 bits per heavy atom. The van der Waals surface area contributed by atoms with Crippen LogP contribution in [-0.2, 0) is 24.0 Å². The minimum Gasteiger partial charge on any atom is -0.295 e. The van der Waals surface area contributed by atoms with Gasteiger partial charge < -0.3 is 0 Å². The van der Waals surface area contributed by atoms with E-state index in [2.05, 4.69) is 0 Å². The predicted molar refractivity (Wildman–Crippen MR) is 137 cm³/mol. The molecule has 186 valence electrons. The highest BCUT2D eigenvalue weighted by Crippen LogP contribution is 2.39. The van der Waals surface area contributed by atoms with Crippen molar-refractivity contribution in [1.29, 1.82) is 0 Å². The smallest absolute Gasteiger partial charge is 0.225 e. The maximum atomic E-state index is 13.6. The molecule has 0 aliphatic carbocycles. The van der Waals surface area contributed by atoms with Gasteiger partial charge in [0.1, 0.15) is 5.41 Å². The first kappa shape index (κ1) is 31.0. The Morgan fingerprint density at radius 1 is 0.794 bits per heavy atom. The lowest BCUT2D eigenvalue weighted by atomic mass is 9.67. The SMILES string of the molecule is CC=CC(=O)C(CCCCC)(C(=O)C=CCC(=O)C=CCCC)C(C)=C(C=CCC)C(=O)C=O. The second-order valence-electron chi connectivity index (χ2n) is 8.19. The summed E-state index contributed by atoms with van der Waals surface area (Å²) in [6.07, 6.45) is 17.3. The fourth-order valence-corrected chi connectivity index (χ4v) is 3.65. The molecule has 34 heavy (non-hydrogen) atoms.